The standard InChI is InChI=1S/C23H24N4O2/c1-17(28)26-20-9-11-21(12-10-20)27-23(29)19-13-15-25-22(16-19)24-14-5-8-18-6-3-2-4-7-18/h2-4,6-7,9-13,15-16H,5,8,14H2,1H3,(H,24,25)(H,26,28)(H,27,29). The summed E-state index contributed by atoms with van der Waals surface area (Å²) in [7, 11) is 0. The van der Waals surface area contributed by atoms with Gasteiger partial charge in [-0.05, 0) is 54.8 Å². The van der Waals surface area contributed by atoms with E-state index in [1.54, 1.807) is 42.6 Å². The van der Waals surface area contributed by atoms with Crippen molar-refractivity contribution in [2.24, 2.45) is 0 Å². The molecule has 3 aromatic rings. The highest BCUT2D eigenvalue weighted by Crippen LogP contribution is 2.15. The Kier molecular flexibility index (Phi) is 6.95. The van der Waals surface area contributed by atoms with E-state index in [0.717, 1.165) is 19.4 Å². The molecular weight excluding hydrogens is 364 g/mol. The molecule has 0 aliphatic heterocycles. The minimum absolute atomic E-state index is 0.137. The Morgan fingerprint density at radius 1 is 0.897 bits per heavy atom. The van der Waals surface area contributed by atoms with Crippen LogP contribution in [0.2, 0.25) is 0 Å². The third-order valence-electron chi connectivity index (χ3n) is 4.28. The lowest BCUT2D eigenvalue weighted by molar-refractivity contribution is -0.114. The second-order valence-corrected chi connectivity index (χ2v) is 6.66. The van der Waals surface area contributed by atoms with Crippen LogP contribution < -0.4 is 16.0 Å². The van der Waals surface area contributed by atoms with Gasteiger partial charge in [-0.25, -0.2) is 4.98 Å². The van der Waals surface area contributed by atoms with E-state index in [9.17, 15) is 9.59 Å². The van der Waals surface area contributed by atoms with Gasteiger partial charge in [0.15, 0.2) is 0 Å². The zero-order valence-corrected chi connectivity index (χ0v) is 16.3. The lowest BCUT2D eigenvalue weighted by Gasteiger charge is -2.09. The Morgan fingerprint density at radius 2 is 1.59 bits per heavy atom. The summed E-state index contributed by atoms with van der Waals surface area (Å²) in [6.07, 6.45) is 3.58. The van der Waals surface area contributed by atoms with Gasteiger partial charge in [-0.2, -0.15) is 0 Å². The topological polar surface area (TPSA) is 83.1 Å². The number of pyridine rings is 1. The molecule has 6 nitrogen and oxygen atoms in total. The molecule has 148 valence electrons. The van der Waals surface area contributed by atoms with E-state index < -0.39 is 0 Å². The van der Waals surface area contributed by atoms with Crippen LogP contribution >= 0.6 is 0 Å². The van der Waals surface area contributed by atoms with E-state index in [1.807, 2.05) is 18.2 Å². The van der Waals surface area contributed by atoms with Crippen LogP contribution in [-0.4, -0.2) is 23.3 Å². The third kappa shape index (κ3) is 6.46. The van der Waals surface area contributed by atoms with Crippen molar-refractivity contribution in [1.29, 1.82) is 0 Å². The first-order valence-corrected chi connectivity index (χ1v) is 9.53. The van der Waals surface area contributed by atoms with Crippen molar-refractivity contribution in [1.82, 2.24) is 4.98 Å². The highest BCUT2D eigenvalue weighted by atomic mass is 16.2. The molecule has 0 spiro atoms. The SMILES string of the molecule is CC(=O)Nc1ccc(NC(=O)c2ccnc(NCCCc3ccccc3)c2)cc1. The van der Waals surface area contributed by atoms with Crippen LogP contribution in [0.15, 0.2) is 72.9 Å². The largest absolute Gasteiger partial charge is 0.370 e. The van der Waals surface area contributed by atoms with Crippen molar-refractivity contribution < 1.29 is 9.59 Å². The Balaban J connectivity index is 1.51. The molecule has 0 bridgehead atoms. The van der Waals surface area contributed by atoms with Gasteiger partial charge in [0.2, 0.25) is 5.91 Å². The zero-order valence-electron chi connectivity index (χ0n) is 16.3. The number of nitrogens with one attached hydrogen (secondary N) is 3. The summed E-state index contributed by atoms with van der Waals surface area (Å²) in [5.74, 6) is 0.320. The second kappa shape index (κ2) is 10.0. The van der Waals surface area contributed by atoms with Crippen molar-refractivity contribution >= 4 is 29.0 Å². The Morgan fingerprint density at radius 3 is 2.28 bits per heavy atom. The monoisotopic (exact) mass is 388 g/mol. The van der Waals surface area contributed by atoms with Crippen LogP contribution in [0.3, 0.4) is 0 Å². The fourth-order valence-electron chi connectivity index (χ4n) is 2.87. The van der Waals surface area contributed by atoms with Crippen molar-refractivity contribution in [3.63, 3.8) is 0 Å². The number of hydrogen-bond acceptors (Lipinski definition) is 4. The molecule has 29 heavy (non-hydrogen) atoms. The predicted molar refractivity (Wildman–Crippen MR) is 116 cm³/mol. The average Bonchev–Trinajstić information content (AvgIpc) is 2.73. The maximum absolute atomic E-state index is 12.5. The van der Waals surface area contributed by atoms with Gasteiger partial charge < -0.3 is 16.0 Å². The number of aromatic nitrogens is 1. The number of benzene rings is 2. The van der Waals surface area contributed by atoms with Crippen molar-refractivity contribution in [2.75, 3.05) is 22.5 Å². The number of rotatable bonds is 8. The summed E-state index contributed by atoms with van der Waals surface area (Å²) in [5.41, 5.74) is 3.16. The number of hydrogen-bond donors (Lipinski definition) is 3. The fraction of sp³-hybridized carbons (Fsp3) is 0.174. The first-order valence-electron chi connectivity index (χ1n) is 9.53. The molecule has 3 N–H and O–H groups in total. The van der Waals surface area contributed by atoms with Crippen LogP contribution in [0.25, 0.3) is 0 Å². The number of aryl methyl sites for hydroxylation is 1. The zero-order chi connectivity index (χ0) is 20.5. The van der Waals surface area contributed by atoms with E-state index in [-0.39, 0.29) is 11.8 Å². The molecule has 0 unspecified atom stereocenters. The second-order valence-electron chi connectivity index (χ2n) is 6.66. The van der Waals surface area contributed by atoms with E-state index in [4.69, 9.17) is 0 Å². The van der Waals surface area contributed by atoms with E-state index in [0.29, 0.717) is 22.8 Å². The molecule has 1 heterocycles. The van der Waals surface area contributed by atoms with Gasteiger partial charge >= 0.3 is 0 Å². The molecule has 0 saturated carbocycles. The Bertz CT molecular complexity index is 956. The highest BCUT2D eigenvalue weighted by molar-refractivity contribution is 6.04. The Labute approximate surface area is 170 Å². The van der Waals surface area contributed by atoms with Crippen molar-refractivity contribution in [2.45, 2.75) is 19.8 Å². The number of anilines is 3. The minimum Gasteiger partial charge on any atom is -0.370 e. The van der Waals surface area contributed by atoms with Gasteiger partial charge in [-0.15, -0.1) is 0 Å². The van der Waals surface area contributed by atoms with Gasteiger partial charge in [-0.1, -0.05) is 30.3 Å². The number of amides is 2. The molecule has 3 rings (SSSR count). The first-order chi connectivity index (χ1) is 14.1. The van der Waals surface area contributed by atoms with Crippen LogP contribution in [0.5, 0.6) is 0 Å². The van der Waals surface area contributed by atoms with Crippen molar-refractivity contribution in [3.8, 4) is 0 Å². The molecule has 0 aliphatic carbocycles. The average molecular weight is 388 g/mol. The number of carbonyl (C=O) groups is 2. The molecule has 2 aromatic carbocycles. The molecule has 0 fully saturated rings. The van der Waals surface area contributed by atoms with Crippen molar-refractivity contribution in [3.05, 3.63) is 84.1 Å². The smallest absolute Gasteiger partial charge is 0.255 e. The first kappa shape index (κ1) is 20.1. The van der Waals surface area contributed by atoms with Crippen LogP contribution in [-0.2, 0) is 11.2 Å². The van der Waals surface area contributed by atoms with Gasteiger partial charge in [0.25, 0.3) is 5.91 Å². The fourth-order valence-corrected chi connectivity index (χ4v) is 2.87. The highest BCUT2D eigenvalue weighted by Gasteiger charge is 2.08. The van der Waals surface area contributed by atoms with Crippen LogP contribution in [0.4, 0.5) is 17.2 Å². The summed E-state index contributed by atoms with van der Waals surface area (Å²) in [6, 6.07) is 20.7. The predicted octanol–water partition coefficient (Wildman–Crippen LogP) is 4.34. The Hall–Kier alpha value is -3.67. The maximum atomic E-state index is 12.5. The van der Waals surface area contributed by atoms with Gasteiger partial charge in [-0.3, -0.25) is 9.59 Å². The molecular formula is C23H24N4O2. The number of nitrogens with zero attached hydrogens (tertiary/aromatic N) is 1. The quantitative estimate of drug-likeness (QED) is 0.501. The molecule has 1 aromatic heterocycles. The van der Waals surface area contributed by atoms with E-state index in [1.165, 1.54) is 12.5 Å². The number of carbonyl (C=O) groups excluding carboxylic acids is 2. The van der Waals surface area contributed by atoms with Gasteiger partial charge in [0.05, 0.1) is 0 Å². The molecule has 0 aliphatic rings. The summed E-state index contributed by atoms with van der Waals surface area (Å²) >= 11 is 0. The summed E-state index contributed by atoms with van der Waals surface area (Å²) in [6.45, 7) is 2.23. The minimum atomic E-state index is -0.216. The lowest BCUT2D eigenvalue weighted by atomic mass is 10.1. The maximum Gasteiger partial charge on any atom is 0.255 e. The van der Waals surface area contributed by atoms with Crippen LogP contribution in [0.1, 0.15) is 29.3 Å². The summed E-state index contributed by atoms with van der Waals surface area (Å²) < 4.78 is 0. The molecule has 2 amide bonds. The molecule has 0 atom stereocenters. The molecule has 0 saturated heterocycles. The summed E-state index contributed by atoms with van der Waals surface area (Å²) in [4.78, 5) is 27.9. The van der Waals surface area contributed by atoms with E-state index in [2.05, 4.69) is 33.1 Å². The van der Waals surface area contributed by atoms with Gasteiger partial charge in [0, 0.05) is 36.6 Å². The molecule has 6 heteroatoms. The van der Waals surface area contributed by atoms with E-state index >= 15 is 0 Å². The van der Waals surface area contributed by atoms with Gasteiger partial charge in [0.1, 0.15) is 5.82 Å². The lowest BCUT2D eigenvalue weighted by Crippen LogP contribution is -2.13. The normalized spacial score (nSPS) is 10.2. The molecule has 0 radical (unpaired) electrons. The third-order valence-corrected chi connectivity index (χ3v) is 4.28. The summed E-state index contributed by atoms with van der Waals surface area (Å²) in [5, 5.41) is 8.81. The van der Waals surface area contributed by atoms with Crippen LogP contribution in [0, 0.1) is 0 Å².